The largest absolute Gasteiger partial charge is 0.480 e. The number of hydrogen-bond acceptors (Lipinski definition) is 5. The topological polar surface area (TPSA) is 130 Å². The van der Waals surface area contributed by atoms with Crippen molar-refractivity contribution in [2.45, 2.75) is 56.4 Å². The average Bonchev–Trinajstić information content (AvgIpc) is 2.71. The minimum absolute atomic E-state index is 0.0524. The fourth-order valence-electron chi connectivity index (χ4n) is 2.71. The van der Waals surface area contributed by atoms with Gasteiger partial charge in [-0.25, -0.2) is 0 Å². The first-order chi connectivity index (χ1) is 8.36. The summed E-state index contributed by atoms with van der Waals surface area (Å²) in [4.78, 5) is 11.4. The predicted octanol–water partition coefficient (Wildman–Crippen LogP) is -0.461. The lowest BCUT2D eigenvalue weighted by molar-refractivity contribution is -0.146. The molecule has 0 saturated heterocycles. The third kappa shape index (κ3) is 3.95. The molecule has 0 aromatic carbocycles. The van der Waals surface area contributed by atoms with Gasteiger partial charge in [0.25, 0.3) is 0 Å². The summed E-state index contributed by atoms with van der Waals surface area (Å²) in [6, 6.07) is 0.0524. The summed E-state index contributed by atoms with van der Waals surface area (Å²) in [7, 11) is -1.33. The van der Waals surface area contributed by atoms with Crippen molar-refractivity contribution in [3.63, 3.8) is 0 Å². The Hall–Kier alpha value is -0.625. The molecule has 1 rings (SSSR count). The zero-order valence-corrected chi connectivity index (χ0v) is 10.6. The molecule has 0 radical (unpaired) electrons. The SMILES string of the molecule is N[C@H]1CC[C@H](C(N)(CCCCB(O)O)C(=O)O)C1. The molecule has 0 heterocycles. The molecule has 0 amide bonds. The highest BCUT2D eigenvalue weighted by atomic mass is 16.4. The van der Waals surface area contributed by atoms with E-state index >= 15 is 0 Å². The van der Waals surface area contributed by atoms with Gasteiger partial charge in [-0.2, -0.15) is 0 Å². The maximum absolute atomic E-state index is 11.4. The molecule has 7 N–H and O–H groups in total. The van der Waals surface area contributed by atoms with Gasteiger partial charge >= 0.3 is 13.1 Å². The van der Waals surface area contributed by atoms with Crippen LogP contribution in [0.25, 0.3) is 0 Å². The second-order valence-electron chi connectivity index (χ2n) is 5.34. The summed E-state index contributed by atoms with van der Waals surface area (Å²) in [6.07, 6.45) is 3.98. The molecule has 3 atom stereocenters. The van der Waals surface area contributed by atoms with Crippen LogP contribution in [0.15, 0.2) is 0 Å². The van der Waals surface area contributed by atoms with Crippen molar-refractivity contribution in [3.05, 3.63) is 0 Å². The van der Waals surface area contributed by atoms with Gasteiger partial charge in [-0.1, -0.05) is 12.8 Å². The van der Waals surface area contributed by atoms with Crippen LogP contribution in [-0.2, 0) is 4.79 Å². The lowest BCUT2D eigenvalue weighted by atomic mass is 9.77. The number of unbranched alkanes of at least 4 members (excludes halogenated alkanes) is 1. The molecular weight excluding hydrogens is 235 g/mol. The fourth-order valence-corrected chi connectivity index (χ4v) is 2.71. The Labute approximate surface area is 107 Å². The number of carbonyl (C=O) groups is 1. The smallest absolute Gasteiger partial charge is 0.451 e. The van der Waals surface area contributed by atoms with Gasteiger partial charge in [0.15, 0.2) is 0 Å². The summed E-state index contributed by atoms with van der Waals surface area (Å²) in [5.41, 5.74) is 10.6. The summed E-state index contributed by atoms with van der Waals surface area (Å²) >= 11 is 0. The second-order valence-corrected chi connectivity index (χ2v) is 5.34. The van der Waals surface area contributed by atoms with Crippen molar-refractivity contribution in [2.24, 2.45) is 17.4 Å². The summed E-state index contributed by atoms with van der Waals surface area (Å²) in [5, 5.41) is 26.8. The Balaban J connectivity index is 2.50. The molecule has 104 valence electrons. The first-order valence-electron chi connectivity index (χ1n) is 6.50. The standard InChI is InChI=1S/C11H23BN2O4/c13-9-4-3-8(7-9)11(14,10(15)16)5-1-2-6-12(17)18/h8-9,17-18H,1-7,13-14H2,(H,15,16)/t8-,9-,11?/m0/s1. The van der Waals surface area contributed by atoms with E-state index in [1.165, 1.54) is 0 Å². The quantitative estimate of drug-likeness (QED) is 0.310. The van der Waals surface area contributed by atoms with Crippen LogP contribution in [0.2, 0.25) is 6.32 Å². The Bertz CT molecular complexity index is 290. The maximum atomic E-state index is 11.4. The van der Waals surface area contributed by atoms with E-state index in [2.05, 4.69) is 0 Å². The van der Waals surface area contributed by atoms with Crippen molar-refractivity contribution in [2.75, 3.05) is 0 Å². The van der Waals surface area contributed by atoms with Gasteiger partial charge in [0.2, 0.25) is 0 Å². The summed E-state index contributed by atoms with van der Waals surface area (Å²) in [6.45, 7) is 0. The van der Waals surface area contributed by atoms with E-state index < -0.39 is 18.6 Å². The van der Waals surface area contributed by atoms with Gasteiger partial charge in [0.1, 0.15) is 5.54 Å². The van der Waals surface area contributed by atoms with Gasteiger partial charge in [-0.15, -0.1) is 0 Å². The molecule has 1 aliphatic carbocycles. The van der Waals surface area contributed by atoms with E-state index in [9.17, 15) is 9.90 Å². The van der Waals surface area contributed by atoms with Crippen molar-refractivity contribution in [1.82, 2.24) is 0 Å². The van der Waals surface area contributed by atoms with Crippen molar-refractivity contribution >= 4 is 13.1 Å². The molecule has 1 aliphatic rings. The normalized spacial score (nSPS) is 26.9. The lowest BCUT2D eigenvalue weighted by Gasteiger charge is -2.31. The Morgan fingerprint density at radius 1 is 1.33 bits per heavy atom. The van der Waals surface area contributed by atoms with Gasteiger partial charge in [-0.05, 0) is 37.9 Å². The molecule has 6 nitrogen and oxygen atoms in total. The first kappa shape index (κ1) is 15.4. The van der Waals surface area contributed by atoms with Crippen LogP contribution >= 0.6 is 0 Å². The van der Waals surface area contributed by atoms with Crippen LogP contribution in [0.4, 0.5) is 0 Å². The van der Waals surface area contributed by atoms with Crippen LogP contribution in [0.3, 0.4) is 0 Å². The van der Waals surface area contributed by atoms with Gasteiger partial charge < -0.3 is 26.6 Å². The van der Waals surface area contributed by atoms with Crippen molar-refractivity contribution in [3.8, 4) is 0 Å². The molecule has 1 unspecified atom stereocenters. The number of aliphatic carboxylic acids is 1. The number of rotatable bonds is 7. The third-order valence-electron chi connectivity index (χ3n) is 3.90. The summed E-state index contributed by atoms with van der Waals surface area (Å²) < 4.78 is 0. The van der Waals surface area contributed by atoms with Crippen LogP contribution in [0.1, 0.15) is 38.5 Å². The van der Waals surface area contributed by atoms with Gasteiger partial charge in [-0.3, -0.25) is 4.79 Å². The average molecular weight is 258 g/mol. The van der Waals surface area contributed by atoms with E-state index in [0.29, 0.717) is 25.7 Å². The lowest BCUT2D eigenvalue weighted by Crippen LogP contribution is -2.53. The van der Waals surface area contributed by atoms with Crippen LogP contribution in [-0.4, -0.2) is 39.8 Å². The highest BCUT2D eigenvalue weighted by molar-refractivity contribution is 6.40. The van der Waals surface area contributed by atoms with E-state index in [1.54, 1.807) is 0 Å². The molecule has 1 fully saturated rings. The second kappa shape index (κ2) is 6.52. The first-order valence-corrected chi connectivity index (χ1v) is 6.50. The minimum Gasteiger partial charge on any atom is -0.480 e. The van der Waals surface area contributed by atoms with Crippen molar-refractivity contribution in [1.29, 1.82) is 0 Å². The van der Waals surface area contributed by atoms with Gasteiger partial charge in [0.05, 0.1) is 0 Å². The van der Waals surface area contributed by atoms with E-state index in [-0.39, 0.29) is 18.3 Å². The minimum atomic E-state index is -1.33. The molecule has 0 spiro atoms. The number of carboxylic acids is 1. The molecule has 7 heteroatoms. The Morgan fingerprint density at radius 3 is 2.44 bits per heavy atom. The van der Waals surface area contributed by atoms with E-state index in [4.69, 9.17) is 21.5 Å². The molecule has 0 aliphatic heterocycles. The highest BCUT2D eigenvalue weighted by Gasteiger charge is 2.44. The van der Waals surface area contributed by atoms with Crippen molar-refractivity contribution < 1.29 is 19.9 Å². The number of carboxylic acid groups (broad SMARTS) is 1. The van der Waals surface area contributed by atoms with Gasteiger partial charge in [0, 0.05) is 6.04 Å². The monoisotopic (exact) mass is 258 g/mol. The zero-order chi connectivity index (χ0) is 13.8. The number of nitrogens with two attached hydrogens (primary N) is 2. The Morgan fingerprint density at radius 2 is 2.00 bits per heavy atom. The third-order valence-corrected chi connectivity index (χ3v) is 3.90. The van der Waals surface area contributed by atoms with Crippen LogP contribution in [0.5, 0.6) is 0 Å². The maximum Gasteiger partial charge on any atom is 0.451 e. The van der Waals surface area contributed by atoms with Crippen LogP contribution in [0, 0.1) is 5.92 Å². The predicted molar refractivity (Wildman–Crippen MR) is 68.7 cm³/mol. The fraction of sp³-hybridized carbons (Fsp3) is 0.909. The number of hydrogen-bond donors (Lipinski definition) is 5. The molecule has 0 bridgehead atoms. The summed E-state index contributed by atoms with van der Waals surface area (Å²) in [5.74, 6) is -1.06. The molecular formula is C11H23BN2O4. The zero-order valence-electron chi connectivity index (χ0n) is 10.6. The molecule has 0 aromatic heterocycles. The molecule has 18 heavy (non-hydrogen) atoms. The molecule has 0 aromatic rings. The van der Waals surface area contributed by atoms with Crippen LogP contribution < -0.4 is 11.5 Å². The van der Waals surface area contributed by atoms with E-state index in [0.717, 1.165) is 12.8 Å². The highest BCUT2D eigenvalue weighted by Crippen LogP contribution is 2.35. The van der Waals surface area contributed by atoms with E-state index in [1.807, 2.05) is 0 Å². The Kier molecular flexibility index (Phi) is 5.59. The molecule has 1 saturated carbocycles.